The van der Waals surface area contributed by atoms with E-state index in [9.17, 15) is 0 Å². The average Bonchev–Trinajstić information content (AvgIpc) is 2.23. The molecule has 0 spiro atoms. The van der Waals surface area contributed by atoms with Crippen LogP contribution in [0.2, 0.25) is 0 Å². The lowest BCUT2D eigenvalue weighted by atomic mass is 9.76. The van der Waals surface area contributed by atoms with Gasteiger partial charge in [-0.1, -0.05) is 20.8 Å². The average molecular weight is 231 g/mol. The van der Waals surface area contributed by atoms with Crippen LogP contribution in [0.15, 0.2) is 0 Å². The number of nitrogens with one attached hydrogen (secondary N) is 1. The van der Waals surface area contributed by atoms with Gasteiger partial charge in [0.05, 0.1) is 0 Å². The molecule has 0 aliphatic carbocycles. The van der Waals surface area contributed by atoms with Gasteiger partial charge in [-0.15, -0.1) is 0 Å². The van der Waals surface area contributed by atoms with Crippen molar-refractivity contribution in [3.63, 3.8) is 0 Å². The lowest BCUT2D eigenvalue weighted by Crippen LogP contribution is -2.35. The van der Waals surface area contributed by atoms with Crippen LogP contribution in [0, 0.1) is 11.3 Å². The number of rotatable bonds is 10. The number of ether oxygens (including phenoxy) is 2. The van der Waals surface area contributed by atoms with Gasteiger partial charge in [-0.05, 0) is 31.2 Å². The monoisotopic (exact) mass is 231 g/mol. The molecule has 1 unspecified atom stereocenters. The summed E-state index contributed by atoms with van der Waals surface area (Å²) in [4.78, 5) is 0. The van der Waals surface area contributed by atoms with Crippen molar-refractivity contribution in [2.45, 2.75) is 33.6 Å². The Morgan fingerprint density at radius 3 is 2.38 bits per heavy atom. The molecule has 3 heteroatoms. The molecule has 3 nitrogen and oxygen atoms in total. The highest BCUT2D eigenvalue weighted by Crippen LogP contribution is 2.30. The molecule has 0 heterocycles. The smallest absolute Gasteiger partial charge is 0.0487 e. The van der Waals surface area contributed by atoms with E-state index in [4.69, 9.17) is 9.47 Å². The molecule has 0 aliphatic rings. The van der Waals surface area contributed by atoms with Crippen molar-refractivity contribution in [1.29, 1.82) is 0 Å². The molecule has 1 N–H and O–H groups in total. The molecule has 0 fully saturated rings. The van der Waals surface area contributed by atoms with Gasteiger partial charge < -0.3 is 14.8 Å². The zero-order valence-corrected chi connectivity index (χ0v) is 11.6. The minimum absolute atomic E-state index is 0.329. The molecule has 0 aromatic rings. The summed E-state index contributed by atoms with van der Waals surface area (Å²) >= 11 is 0. The van der Waals surface area contributed by atoms with Crippen molar-refractivity contribution in [2.75, 3.05) is 40.5 Å². The summed E-state index contributed by atoms with van der Waals surface area (Å²) in [7, 11) is 3.74. The van der Waals surface area contributed by atoms with E-state index < -0.39 is 0 Å². The molecular weight excluding hydrogens is 202 g/mol. The van der Waals surface area contributed by atoms with Crippen LogP contribution in [0.1, 0.15) is 33.6 Å². The summed E-state index contributed by atoms with van der Waals surface area (Å²) in [6.07, 6.45) is 2.10. The maximum atomic E-state index is 5.62. The first-order valence-corrected chi connectivity index (χ1v) is 6.28. The summed E-state index contributed by atoms with van der Waals surface area (Å²) in [6.45, 7) is 10.4. The maximum absolute atomic E-state index is 5.62. The zero-order valence-electron chi connectivity index (χ0n) is 11.6. The summed E-state index contributed by atoms with van der Waals surface area (Å²) < 4.78 is 10.6. The standard InChI is InChI=1S/C13H29NO2/c1-12(2)13(3,11-14-4)7-10-16-9-6-8-15-5/h12,14H,6-11H2,1-5H3. The Bertz CT molecular complexity index is 162. The third-order valence-corrected chi connectivity index (χ3v) is 3.43. The fourth-order valence-electron chi connectivity index (χ4n) is 1.70. The molecule has 98 valence electrons. The predicted octanol–water partition coefficient (Wildman–Crippen LogP) is 2.31. The van der Waals surface area contributed by atoms with Crippen LogP contribution >= 0.6 is 0 Å². The second kappa shape index (κ2) is 8.97. The Hall–Kier alpha value is -0.120. The highest BCUT2D eigenvalue weighted by Gasteiger charge is 2.26. The van der Waals surface area contributed by atoms with Crippen LogP contribution in [0.3, 0.4) is 0 Å². The predicted molar refractivity (Wildman–Crippen MR) is 68.8 cm³/mol. The van der Waals surface area contributed by atoms with Crippen LogP contribution < -0.4 is 5.32 Å². The van der Waals surface area contributed by atoms with Gasteiger partial charge in [0.2, 0.25) is 0 Å². The van der Waals surface area contributed by atoms with Crippen LogP contribution in [0.25, 0.3) is 0 Å². The minimum Gasteiger partial charge on any atom is -0.385 e. The van der Waals surface area contributed by atoms with Crippen molar-refractivity contribution >= 4 is 0 Å². The van der Waals surface area contributed by atoms with E-state index in [1.807, 2.05) is 7.05 Å². The molecule has 0 bridgehead atoms. The van der Waals surface area contributed by atoms with Crippen molar-refractivity contribution in [2.24, 2.45) is 11.3 Å². The molecule has 0 aliphatic heterocycles. The van der Waals surface area contributed by atoms with Gasteiger partial charge in [0, 0.05) is 33.5 Å². The number of hydrogen-bond acceptors (Lipinski definition) is 3. The highest BCUT2D eigenvalue weighted by atomic mass is 16.5. The first-order valence-electron chi connectivity index (χ1n) is 6.28. The van der Waals surface area contributed by atoms with E-state index in [2.05, 4.69) is 26.1 Å². The van der Waals surface area contributed by atoms with E-state index >= 15 is 0 Å². The minimum atomic E-state index is 0.329. The maximum Gasteiger partial charge on any atom is 0.0487 e. The van der Waals surface area contributed by atoms with Gasteiger partial charge in [-0.2, -0.15) is 0 Å². The molecule has 0 amide bonds. The van der Waals surface area contributed by atoms with Crippen molar-refractivity contribution in [3.05, 3.63) is 0 Å². The molecule has 0 rings (SSSR count). The summed E-state index contributed by atoms with van der Waals surface area (Å²) in [5, 5.41) is 3.28. The molecular formula is C13H29NO2. The molecule has 16 heavy (non-hydrogen) atoms. The van der Waals surface area contributed by atoms with E-state index in [-0.39, 0.29) is 0 Å². The number of hydrogen-bond donors (Lipinski definition) is 1. The quantitative estimate of drug-likeness (QED) is 0.585. The normalized spacial score (nSPS) is 15.4. The largest absolute Gasteiger partial charge is 0.385 e. The van der Waals surface area contributed by atoms with Crippen LogP contribution in [-0.2, 0) is 9.47 Å². The van der Waals surface area contributed by atoms with Crippen LogP contribution in [-0.4, -0.2) is 40.5 Å². The van der Waals surface area contributed by atoms with Gasteiger partial charge in [-0.25, -0.2) is 0 Å². The van der Waals surface area contributed by atoms with Gasteiger partial charge >= 0.3 is 0 Å². The molecule has 0 radical (unpaired) electrons. The first-order chi connectivity index (χ1) is 7.56. The zero-order chi connectivity index (χ0) is 12.4. The van der Waals surface area contributed by atoms with Crippen LogP contribution in [0.5, 0.6) is 0 Å². The van der Waals surface area contributed by atoms with Crippen molar-refractivity contribution < 1.29 is 9.47 Å². The summed E-state index contributed by atoms with van der Waals surface area (Å²) in [6, 6.07) is 0. The van der Waals surface area contributed by atoms with Crippen molar-refractivity contribution in [1.82, 2.24) is 5.32 Å². The van der Waals surface area contributed by atoms with E-state index in [0.717, 1.165) is 39.2 Å². The lowest BCUT2D eigenvalue weighted by molar-refractivity contribution is 0.0665. The summed E-state index contributed by atoms with van der Waals surface area (Å²) in [5.74, 6) is 0.669. The SMILES string of the molecule is CNCC(C)(CCOCCCOC)C(C)C. The first kappa shape index (κ1) is 15.9. The summed E-state index contributed by atoms with van der Waals surface area (Å²) in [5.41, 5.74) is 0.329. The van der Waals surface area contributed by atoms with Gasteiger partial charge in [-0.3, -0.25) is 0 Å². The van der Waals surface area contributed by atoms with E-state index in [1.165, 1.54) is 0 Å². The lowest BCUT2D eigenvalue weighted by Gasteiger charge is -2.33. The Morgan fingerprint density at radius 2 is 1.88 bits per heavy atom. The Morgan fingerprint density at radius 1 is 1.19 bits per heavy atom. The van der Waals surface area contributed by atoms with Crippen molar-refractivity contribution in [3.8, 4) is 0 Å². The Balaban J connectivity index is 3.68. The fourth-order valence-corrected chi connectivity index (χ4v) is 1.70. The third-order valence-electron chi connectivity index (χ3n) is 3.43. The van der Waals surface area contributed by atoms with E-state index in [1.54, 1.807) is 7.11 Å². The molecule has 0 aromatic heterocycles. The van der Waals surface area contributed by atoms with Crippen LogP contribution in [0.4, 0.5) is 0 Å². The second-order valence-corrected chi connectivity index (χ2v) is 5.05. The molecule has 0 aromatic carbocycles. The Labute approximate surface area is 101 Å². The fraction of sp³-hybridized carbons (Fsp3) is 1.00. The molecule has 0 saturated carbocycles. The molecule has 1 atom stereocenters. The van der Waals surface area contributed by atoms with Gasteiger partial charge in [0.1, 0.15) is 0 Å². The van der Waals surface area contributed by atoms with Gasteiger partial charge in [0.25, 0.3) is 0 Å². The third kappa shape index (κ3) is 6.46. The Kier molecular flexibility index (Phi) is 8.90. The second-order valence-electron chi connectivity index (χ2n) is 5.05. The topological polar surface area (TPSA) is 30.5 Å². The highest BCUT2D eigenvalue weighted by molar-refractivity contribution is 4.79. The molecule has 0 saturated heterocycles. The number of methoxy groups -OCH3 is 1. The van der Waals surface area contributed by atoms with Gasteiger partial charge in [0.15, 0.2) is 0 Å². The van der Waals surface area contributed by atoms with E-state index in [0.29, 0.717) is 11.3 Å².